The lowest BCUT2D eigenvalue weighted by atomic mass is 9.81. The monoisotopic (exact) mass is 227 g/mol. The Labute approximate surface area is 98.6 Å². The molecule has 2 atom stereocenters. The molecule has 16 heavy (non-hydrogen) atoms. The van der Waals surface area contributed by atoms with Gasteiger partial charge in [-0.15, -0.1) is 0 Å². The zero-order chi connectivity index (χ0) is 11.4. The van der Waals surface area contributed by atoms with Gasteiger partial charge < -0.3 is 15.2 Å². The number of hydrogen-bond acceptors (Lipinski definition) is 3. The molecule has 0 unspecified atom stereocenters. The van der Waals surface area contributed by atoms with Crippen LogP contribution in [0.5, 0.6) is 0 Å². The van der Waals surface area contributed by atoms with E-state index in [1.165, 1.54) is 12.8 Å². The molecule has 2 rings (SSSR count). The fourth-order valence-electron chi connectivity index (χ4n) is 2.77. The summed E-state index contributed by atoms with van der Waals surface area (Å²) in [6.45, 7) is 5.15. The summed E-state index contributed by atoms with van der Waals surface area (Å²) in [5.74, 6) is 0. The maximum absolute atomic E-state index is 9.90. The minimum atomic E-state index is -0.128. The summed E-state index contributed by atoms with van der Waals surface area (Å²) in [7, 11) is 0. The first-order valence-electron chi connectivity index (χ1n) is 6.69. The van der Waals surface area contributed by atoms with Crippen LogP contribution >= 0.6 is 0 Å². The van der Waals surface area contributed by atoms with E-state index in [0.29, 0.717) is 11.5 Å². The van der Waals surface area contributed by atoms with Gasteiger partial charge in [0.2, 0.25) is 0 Å². The molecule has 2 N–H and O–H groups in total. The Morgan fingerprint density at radius 1 is 1.25 bits per heavy atom. The van der Waals surface area contributed by atoms with Gasteiger partial charge in [0.15, 0.2) is 0 Å². The summed E-state index contributed by atoms with van der Waals surface area (Å²) in [5, 5.41) is 13.5. The quantitative estimate of drug-likeness (QED) is 0.771. The van der Waals surface area contributed by atoms with Gasteiger partial charge in [-0.2, -0.15) is 0 Å². The van der Waals surface area contributed by atoms with Crippen molar-refractivity contribution < 1.29 is 9.84 Å². The predicted octanol–water partition coefficient (Wildman–Crippen LogP) is 1.70. The minimum Gasteiger partial charge on any atom is -0.392 e. The Balaban J connectivity index is 1.76. The Bertz CT molecular complexity index is 214. The standard InChI is InChI=1S/C13H25NO2/c1-13(6-8-16-9-7-13)10-14-11-4-2-3-5-12(11)15/h11-12,14-15H,2-10H2,1H3/t11-,12-/m1/s1. The molecule has 0 aromatic rings. The number of ether oxygens (including phenoxy) is 1. The van der Waals surface area contributed by atoms with Crippen LogP contribution in [0.2, 0.25) is 0 Å². The summed E-state index contributed by atoms with van der Waals surface area (Å²) in [6.07, 6.45) is 6.70. The summed E-state index contributed by atoms with van der Waals surface area (Å²) >= 11 is 0. The lowest BCUT2D eigenvalue weighted by Crippen LogP contribution is -2.47. The molecule has 1 saturated heterocycles. The highest BCUT2D eigenvalue weighted by Crippen LogP contribution is 2.29. The third-order valence-corrected chi connectivity index (χ3v) is 4.22. The Kier molecular flexibility index (Phi) is 4.22. The molecule has 2 aliphatic rings. The Hall–Kier alpha value is -0.120. The van der Waals surface area contributed by atoms with Crippen molar-refractivity contribution in [2.24, 2.45) is 5.41 Å². The van der Waals surface area contributed by atoms with Gasteiger partial charge in [-0.3, -0.25) is 0 Å². The molecule has 3 nitrogen and oxygen atoms in total. The van der Waals surface area contributed by atoms with Gasteiger partial charge >= 0.3 is 0 Å². The SMILES string of the molecule is CC1(CN[C@@H]2CCCC[C@H]2O)CCOCC1. The molecular formula is C13H25NO2. The van der Waals surface area contributed by atoms with Gasteiger partial charge in [0.1, 0.15) is 0 Å². The van der Waals surface area contributed by atoms with E-state index in [1.54, 1.807) is 0 Å². The second-order valence-electron chi connectivity index (χ2n) is 5.76. The van der Waals surface area contributed by atoms with Crippen LogP contribution in [0, 0.1) is 5.41 Å². The van der Waals surface area contributed by atoms with Gasteiger partial charge in [-0.25, -0.2) is 0 Å². The molecule has 3 heteroatoms. The van der Waals surface area contributed by atoms with Crippen molar-refractivity contribution in [2.75, 3.05) is 19.8 Å². The molecule has 0 radical (unpaired) electrons. The van der Waals surface area contributed by atoms with Gasteiger partial charge in [0, 0.05) is 25.8 Å². The van der Waals surface area contributed by atoms with Crippen LogP contribution in [-0.2, 0) is 4.74 Å². The van der Waals surface area contributed by atoms with E-state index in [0.717, 1.165) is 45.4 Å². The van der Waals surface area contributed by atoms with E-state index < -0.39 is 0 Å². The molecule has 0 amide bonds. The zero-order valence-electron chi connectivity index (χ0n) is 10.4. The molecule has 1 aliphatic carbocycles. The normalized spacial score (nSPS) is 34.9. The molecule has 0 aromatic carbocycles. The lowest BCUT2D eigenvalue weighted by molar-refractivity contribution is 0.0166. The molecule has 1 aliphatic heterocycles. The Morgan fingerprint density at radius 2 is 1.94 bits per heavy atom. The largest absolute Gasteiger partial charge is 0.392 e. The van der Waals surface area contributed by atoms with Crippen LogP contribution in [-0.4, -0.2) is 37.0 Å². The second-order valence-corrected chi connectivity index (χ2v) is 5.76. The van der Waals surface area contributed by atoms with Gasteiger partial charge in [0.05, 0.1) is 6.10 Å². The average Bonchev–Trinajstić information content (AvgIpc) is 2.29. The summed E-state index contributed by atoms with van der Waals surface area (Å²) in [4.78, 5) is 0. The zero-order valence-corrected chi connectivity index (χ0v) is 10.4. The van der Waals surface area contributed by atoms with Crippen LogP contribution in [0.1, 0.15) is 45.4 Å². The first-order valence-corrected chi connectivity index (χ1v) is 6.69. The first-order chi connectivity index (χ1) is 7.70. The van der Waals surface area contributed by atoms with Crippen LogP contribution in [0.4, 0.5) is 0 Å². The molecule has 2 fully saturated rings. The van der Waals surface area contributed by atoms with Gasteiger partial charge in [0.25, 0.3) is 0 Å². The van der Waals surface area contributed by atoms with Crippen molar-refractivity contribution in [3.8, 4) is 0 Å². The number of aliphatic hydroxyl groups is 1. The minimum absolute atomic E-state index is 0.128. The number of hydrogen-bond donors (Lipinski definition) is 2. The van der Waals surface area contributed by atoms with Crippen LogP contribution in [0.25, 0.3) is 0 Å². The van der Waals surface area contributed by atoms with E-state index in [-0.39, 0.29) is 6.10 Å². The summed E-state index contributed by atoms with van der Waals surface area (Å²) in [5.41, 5.74) is 0.370. The maximum Gasteiger partial charge on any atom is 0.0693 e. The smallest absolute Gasteiger partial charge is 0.0693 e. The highest BCUT2D eigenvalue weighted by Gasteiger charge is 2.30. The van der Waals surface area contributed by atoms with E-state index in [4.69, 9.17) is 4.74 Å². The topological polar surface area (TPSA) is 41.5 Å². The highest BCUT2D eigenvalue weighted by molar-refractivity contribution is 4.85. The van der Waals surface area contributed by atoms with Crippen LogP contribution < -0.4 is 5.32 Å². The summed E-state index contributed by atoms with van der Waals surface area (Å²) < 4.78 is 5.40. The molecule has 0 bridgehead atoms. The van der Waals surface area contributed by atoms with E-state index in [2.05, 4.69) is 12.2 Å². The Morgan fingerprint density at radius 3 is 2.62 bits per heavy atom. The van der Waals surface area contributed by atoms with Crippen molar-refractivity contribution in [3.05, 3.63) is 0 Å². The van der Waals surface area contributed by atoms with E-state index >= 15 is 0 Å². The molecule has 0 aromatic heterocycles. The van der Waals surface area contributed by atoms with E-state index in [1.807, 2.05) is 0 Å². The second kappa shape index (κ2) is 5.48. The van der Waals surface area contributed by atoms with Gasteiger partial charge in [-0.1, -0.05) is 19.8 Å². The summed E-state index contributed by atoms with van der Waals surface area (Å²) in [6, 6.07) is 0.327. The van der Waals surface area contributed by atoms with Crippen molar-refractivity contribution in [1.29, 1.82) is 0 Å². The van der Waals surface area contributed by atoms with E-state index in [9.17, 15) is 5.11 Å². The first kappa shape index (κ1) is 12.3. The average molecular weight is 227 g/mol. The molecule has 94 valence electrons. The predicted molar refractivity (Wildman–Crippen MR) is 64.4 cm³/mol. The number of aliphatic hydroxyl groups excluding tert-OH is 1. The van der Waals surface area contributed by atoms with Crippen molar-refractivity contribution >= 4 is 0 Å². The lowest BCUT2D eigenvalue weighted by Gasteiger charge is -2.37. The maximum atomic E-state index is 9.90. The fraction of sp³-hybridized carbons (Fsp3) is 1.00. The molecule has 0 spiro atoms. The molecule has 1 heterocycles. The fourth-order valence-corrected chi connectivity index (χ4v) is 2.77. The number of rotatable bonds is 3. The van der Waals surface area contributed by atoms with Crippen molar-refractivity contribution in [1.82, 2.24) is 5.32 Å². The molecular weight excluding hydrogens is 202 g/mol. The van der Waals surface area contributed by atoms with Crippen molar-refractivity contribution in [3.63, 3.8) is 0 Å². The highest BCUT2D eigenvalue weighted by atomic mass is 16.5. The van der Waals surface area contributed by atoms with Crippen LogP contribution in [0.3, 0.4) is 0 Å². The van der Waals surface area contributed by atoms with Crippen LogP contribution in [0.15, 0.2) is 0 Å². The third kappa shape index (κ3) is 3.19. The number of nitrogens with one attached hydrogen (secondary N) is 1. The molecule has 1 saturated carbocycles. The van der Waals surface area contributed by atoms with Crippen molar-refractivity contribution in [2.45, 2.75) is 57.6 Å². The van der Waals surface area contributed by atoms with Gasteiger partial charge in [-0.05, 0) is 31.1 Å². The third-order valence-electron chi connectivity index (χ3n) is 4.22.